The average Bonchev–Trinajstić information content (AvgIpc) is 3.10. The van der Waals surface area contributed by atoms with Gasteiger partial charge in [0.1, 0.15) is 0 Å². The Morgan fingerprint density at radius 1 is 1.16 bits per heavy atom. The SMILES string of the molecule is Cc1ccc2[nH]c(=O)cc(C(=O)N(C)C3C[C@H]4CC(O)C[C@H]4C3)c2c1. The van der Waals surface area contributed by atoms with Crippen LogP contribution in [0.15, 0.2) is 29.1 Å². The molecule has 0 radical (unpaired) electrons. The van der Waals surface area contributed by atoms with Crippen LogP contribution in [-0.4, -0.2) is 40.1 Å². The number of H-pyrrole nitrogens is 1. The molecule has 5 nitrogen and oxygen atoms in total. The summed E-state index contributed by atoms with van der Waals surface area (Å²) in [4.78, 5) is 29.7. The Balaban J connectivity index is 1.64. The van der Waals surface area contributed by atoms with Crippen LogP contribution in [0, 0.1) is 18.8 Å². The molecule has 0 spiro atoms. The van der Waals surface area contributed by atoms with Gasteiger partial charge in [0.25, 0.3) is 5.91 Å². The highest BCUT2D eigenvalue weighted by Gasteiger charge is 2.43. The minimum atomic E-state index is -0.250. The van der Waals surface area contributed by atoms with Crippen LogP contribution in [0.3, 0.4) is 0 Å². The molecule has 2 aliphatic carbocycles. The maximum atomic E-state index is 13.1. The fourth-order valence-electron chi connectivity index (χ4n) is 4.77. The monoisotopic (exact) mass is 340 g/mol. The van der Waals surface area contributed by atoms with E-state index in [0.717, 1.165) is 36.6 Å². The lowest BCUT2D eigenvalue weighted by Crippen LogP contribution is -2.36. The molecule has 4 rings (SSSR count). The Morgan fingerprint density at radius 2 is 1.84 bits per heavy atom. The zero-order valence-electron chi connectivity index (χ0n) is 14.7. The van der Waals surface area contributed by atoms with Crippen molar-refractivity contribution < 1.29 is 9.90 Å². The number of carbonyl (C=O) groups is 1. The number of carbonyl (C=O) groups excluding carboxylic acids is 1. The molecule has 1 amide bonds. The minimum absolute atomic E-state index is 0.0905. The van der Waals surface area contributed by atoms with Crippen molar-refractivity contribution in [2.45, 2.75) is 44.8 Å². The Labute approximate surface area is 146 Å². The van der Waals surface area contributed by atoms with E-state index in [4.69, 9.17) is 0 Å². The fraction of sp³-hybridized carbons (Fsp3) is 0.500. The second-order valence-corrected chi connectivity index (χ2v) is 7.78. The lowest BCUT2D eigenvalue weighted by Gasteiger charge is -2.26. The fourth-order valence-corrected chi connectivity index (χ4v) is 4.77. The van der Waals surface area contributed by atoms with Crippen molar-refractivity contribution in [1.29, 1.82) is 0 Å². The molecule has 2 unspecified atom stereocenters. The zero-order chi connectivity index (χ0) is 17.7. The number of amides is 1. The van der Waals surface area contributed by atoms with Crippen LogP contribution >= 0.6 is 0 Å². The molecule has 1 aromatic heterocycles. The number of aliphatic hydroxyl groups excluding tert-OH is 1. The molecular formula is C20H24N2O3. The Kier molecular flexibility index (Phi) is 3.91. The number of hydrogen-bond donors (Lipinski definition) is 2. The number of nitrogens with one attached hydrogen (secondary N) is 1. The predicted molar refractivity (Wildman–Crippen MR) is 96.6 cm³/mol. The molecule has 2 N–H and O–H groups in total. The number of pyridine rings is 1. The van der Waals surface area contributed by atoms with Gasteiger partial charge in [-0.2, -0.15) is 0 Å². The highest BCUT2D eigenvalue weighted by atomic mass is 16.3. The van der Waals surface area contributed by atoms with Crippen LogP contribution < -0.4 is 5.56 Å². The molecule has 5 heteroatoms. The number of aliphatic hydroxyl groups is 1. The van der Waals surface area contributed by atoms with E-state index in [0.29, 0.717) is 22.9 Å². The van der Waals surface area contributed by atoms with Gasteiger partial charge in [-0.25, -0.2) is 0 Å². The van der Waals surface area contributed by atoms with Crippen molar-refractivity contribution in [2.24, 2.45) is 11.8 Å². The second kappa shape index (κ2) is 5.99. The standard InChI is InChI=1S/C20H24N2O3/c1-11-3-4-18-16(5-11)17(10-19(24)21-18)20(25)22(2)14-6-12-8-15(23)9-13(12)7-14/h3-5,10,12-15,23H,6-9H2,1-2H3,(H,21,24)/t12-,13+,14?,15?. The third kappa shape index (κ3) is 2.86. The average molecular weight is 340 g/mol. The van der Waals surface area contributed by atoms with Crippen LogP contribution in [0.5, 0.6) is 0 Å². The quantitative estimate of drug-likeness (QED) is 0.882. The third-order valence-corrected chi connectivity index (χ3v) is 6.06. The first-order chi connectivity index (χ1) is 11.9. The van der Waals surface area contributed by atoms with Crippen molar-refractivity contribution in [1.82, 2.24) is 9.88 Å². The third-order valence-electron chi connectivity index (χ3n) is 6.06. The van der Waals surface area contributed by atoms with Gasteiger partial charge < -0.3 is 15.0 Å². The van der Waals surface area contributed by atoms with Gasteiger partial charge in [-0.05, 0) is 56.6 Å². The van der Waals surface area contributed by atoms with Crippen LogP contribution in [0.2, 0.25) is 0 Å². The number of benzene rings is 1. The van der Waals surface area contributed by atoms with Crippen molar-refractivity contribution in [3.8, 4) is 0 Å². The molecule has 1 aromatic carbocycles. The summed E-state index contributed by atoms with van der Waals surface area (Å²) in [7, 11) is 1.84. The summed E-state index contributed by atoms with van der Waals surface area (Å²) >= 11 is 0. The molecule has 25 heavy (non-hydrogen) atoms. The van der Waals surface area contributed by atoms with Gasteiger partial charge in [0.2, 0.25) is 5.56 Å². The number of nitrogens with zero attached hydrogens (tertiary/aromatic N) is 1. The van der Waals surface area contributed by atoms with Gasteiger partial charge in [-0.1, -0.05) is 11.6 Å². The molecule has 0 bridgehead atoms. The Morgan fingerprint density at radius 3 is 2.52 bits per heavy atom. The summed E-state index contributed by atoms with van der Waals surface area (Å²) in [6.45, 7) is 1.98. The second-order valence-electron chi connectivity index (χ2n) is 7.78. The molecule has 0 saturated heterocycles. The van der Waals surface area contributed by atoms with Crippen LogP contribution in [0.1, 0.15) is 41.6 Å². The van der Waals surface area contributed by atoms with Crippen molar-refractivity contribution >= 4 is 16.8 Å². The van der Waals surface area contributed by atoms with E-state index in [1.54, 1.807) is 4.90 Å². The van der Waals surface area contributed by atoms with Crippen LogP contribution in [-0.2, 0) is 0 Å². The zero-order valence-corrected chi connectivity index (χ0v) is 14.7. The highest BCUT2D eigenvalue weighted by molar-refractivity contribution is 6.06. The van der Waals surface area contributed by atoms with Crippen LogP contribution in [0.25, 0.3) is 10.9 Å². The summed E-state index contributed by atoms with van der Waals surface area (Å²) in [5.74, 6) is 0.953. The largest absolute Gasteiger partial charge is 0.393 e. The van der Waals surface area contributed by atoms with Crippen molar-refractivity contribution in [2.75, 3.05) is 7.05 Å². The smallest absolute Gasteiger partial charge is 0.254 e. The molecule has 2 fully saturated rings. The van der Waals surface area contributed by atoms with Crippen molar-refractivity contribution in [3.63, 3.8) is 0 Å². The lowest BCUT2D eigenvalue weighted by atomic mass is 10.0. The van der Waals surface area contributed by atoms with Gasteiger partial charge >= 0.3 is 0 Å². The molecule has 0 aliphatic heterocycles. The highest BCUT2D eigenvalue weighted by Crippen LogP contribution is 2.45. The summed E-state index contributed by atoms with van der Waals surface area (Å²) in [6.07, 6.45) is 3.44. The topological polar surface area (TPSA) is 73.4 Å². The number of hydrogen-bond acceptors (Lipinski definition) is 3. The molecule has 132 valence electrons. The summed E-state index contributed by atoms with van der Waals surface area (Å²) in [5.41, 5.74) is 1.98. The summed E-state index contributed by atoms with van der Waals surface area (Å²) < 4.78 is 0. The lowest BCUT2D eigenvalue weighted by molar-refractivity contribution is 0.0724. The number of aromatic nitrogens is 1. The molecule has 2 saturated carbocycles. The number of fused-ring (bicyclic) bond motifs is 2. The molecule has 2 aromatic rings. The van der Waals surface area contributed by atoms with E-state index in [1.165, 1.54) is 6.07 Å². The van der Waals surface area contributed by atoms with E-state index in [-0.39, 0.29) is 23.6 Å². The van der Waals surface area contributed by atoms with Gasteiger partial charge in [0.15, 0.2) is 0 Å². The van der Waals surface area contributed by atoms with E-state index in [2.05, 4.69) is 4.98 Å². The molecule has 2 aliphatic rings. The first kappa shape index (κ1) is 16.3. The van der Waals surface area contributed by atoms with Gasteiger partial charge in [-0.3, -0.25) is 9.59 Å². The molecular weight excluding hydrogens is 316 g/mol. The summed E-state index contributed by atoms with van der Waals surface area (Å²) in [5, 5.41) is 10.6. The first-order valence-corrected chi connectivity index (χ1v) is 9.01. The van der Waals surface area contributed by atoms with E-state index >= 15 is 0 Å². The normalized spacial score (nSPS) is 28.3. The van der Waals surface area contributed by atoms with Gasteiger partial charge in [-0.15, -0.1) is 0 Å². The van der Waals surface area contributed by atoms with E-state index in [9.17, 15) is 14.7 Å². The van der Waals surface area contributed by atoms with Gasteiger partial charge in [0.05, 0.1) is 11.7 Å². The van der Waals surface area contributed by atoms with E-state index in [1.807, 2.05) is 32.2 Å². The number of aryl methyl sites for hydroxylation is 1. The van der Waals surface area contributed by atoms with E-state index < -0.39 is 0 Å². The number of rotatable bonds is 2. The Hall–Kier alpha value is -2.14. The minimum Gasteiger partial charge on any atom is -0.393 e. The van der Waals surface area contributed by atoms with Crippen molar-refractivity contribution in [3.05, 3.63) is 45.7 Å². The maximum Gasteiger partial charge on any atom is 0.254 e. The predicted octanol–water partition coefficient (Wildman–Crippen LogP) is 2.46. The maximum absolute atomic E-state index is 13.1. The molecule has 4 atom stereocenters. The first-order valence-electron chi connectivity index (χ1n) is 9.01. The van der Waals surface area contributed by atoms with Crippen LogP contribution in [0.4, 0.5) is 0 Å². The van der Waals surface area contributed by atoms with Gasteiger partial charge in [0, 0.05) is 30.1 Å². The summed E-state index contributed by atoms with van der Waals surface area (Å²) in [6, 6.07) is 7.34. The Bertz CT molecular complexity index is 874. The molecule has 1 heterocycles. The number of aromatic amines is 1.